The molecule has 3 rings (SSSR count). The lowest BCUT2D eigenvalue weighted by atomic mass is 9.95. The Labute approximate surface area is 175 Å². The Morgan fingerprint density at radius 2 is 1.87 bits per heavy atom. The Morgan fingerprint density at radius 3 is 2.50 bits per heavy atom. The van der Waals surface area contributed by atoms with E-state index in [9.17, 15) is 19.1 Å². The number of Topliss-reactive ketones (excluding diaryl/α,β-unsaturated/α-hetero) is 1. The molecule has 1 unspecified atom stereocenters. The molecule has 0 radical (unpaired) electrons. The zero-order valence-electron chi connectivity index (χ0n) is 17.3. The fraction of sp³-hybridized carbons (Fsp3) is 0.304. The predicted octanol–water partition coefficient (Wildman–Crippen LogP) is 3.21. The molecule has 1 fully saturated rings. The molecular weight excluding hydrogens is 387 g/mol. The standard InChI is InChI=1S/C23H25FN2O4/c1-4-30-18-7-5-6-16(14-18)21(27)19-20(15-8-10-17(24)11-9-15)26(13-12-25(2)3)23(29)22(19)28/h5-11,14,20,27H,4,12-13H2,1-3H3/b21-19-. The number of amides is 1. The number of carbonyl (C=O) groups excluding carboxylic acids is 2. The average Bonchev–Trinajstić information content (AvgIpc) is 2.97. The molecular formula is C23H25FN2O4. The van der Waals surface area contributed by atoms with Gasteiger partial charge in [0.05, 0.1) is 18.2 Å². The van der Waals surface area contributed by atoms with Crippen LogP contribution in [0.3, 0.4) is 0 Å². The van der Waals surface area contributed by atoms with Gasteiger partial charge < -0.3 is 19.6 Å². The molecule has 0 spiro atoms. The molecule has 7 heteroatoms. The van der Waals surface area contributed by atoms with E-state index >= 15 is 0 Å². The highest BCUT2D eigenvalue weighted by atomic mass is 19.1. The fourth-order valence-corrected chi connectivity index (χ4v) is 3.47. The van der Waals surface area contributed by atoms with Crippen LogP contribution >= 0.6 is 0 Å². The van der Waals surface area contributed by atoms with Gasteiger partial charge in [-0.05, 0) is 50.8 Å². The summed E-state index contributed by atoms with van der Waals surface area (Å²) >= 11 is 0. The van der Waals surface area contributed by atoms with Gasteiger partial charge in [-0.3, -0.25) is 9.59 Å². The van der Waals surface area contributed by atoms with E-state index in [2.05, 4.69) is 0 Å². The minimum absolute atomic E-state index is 0.0148. The summed E-state index contributed by atoms with van der Waals surface area (Å²) in [7, 11) is 3.73. The van der Waals surface area contributed by atoms with Crippen LogP contribution in [0.4, 0.5) is 4.39 Å². The van der Waals surface area contributed by atoms with Crippen molar-refractivity contribution in [3.05, 3.63) is 71.0 Å². The first-order chi connectivity index (χ1) is 14.3. The van der Waals surface area contributed by atoms with E-state index < -0.39 is 23.5 Å². The third kappa shape index (κ3) is 4.36. The molecule has 1 atom stereocenters. The number of likely N-dealkylation sites (N-methyl/N-ethyl adjacent to an activating group) is 1. The van der Waals surface area contributed by atoms with Gasteiger partial charge in [0.25, 0.3) is 11.7 Å². The molecule has 0 saturated carbocycles. The van der Waals surface area contributed by atoms with Crippen molar-refractivity contribution in [1.82, 2.24) is 9.80 Å². The van der Waals surface area contributed by atoms with Crippen LogP contribution in [-0.2, 0) is 9.59 Å². The first-order valence-corrected chi connectivity index (χ1v) is 9.75. The molecule has 2 aromatic rings. The Hall–Kier alpha value is -3.19. The van der Waals surface area contributed by atoms with Crippen molar-refractivity contribution in [2.24, 2.45) is 0 Å². The minimum atomic E-state index is -0.804. The zero-order chi connectivity index (χ0) is 21.8. The van der Waals surface area contributed by atoms with Crippen molar-refractivity contribution >= 4 is 17.4 Å². The fourth-order valence-electron chi connectivity index (χ4n) is 3.47. The number of rotatable bonds is 7. The lowest BCUT2D eigenvalue weighted by Crippen LogP contribution is -2.35. The van der Waals surface area contributed by atoms with Gasteiger partial charge in [0.15, 0.2) is 0 Å². The second-order valence-electron chi connectivity index (χ2n) is 7.31. The SMILES string of the molecule is CCOc1cccc(/C(O)=C2/C(=O)C(=O)N(CCN(C)C)C2c2ccc(F)cc2)c1. The summed E-state index contributed by atoms with van der Waals surface area (Å²) in [6.45, 7) is 3.12. The van der Waals surface area contributed by atoms with Gasteiger partial charge in [-0.25, -0.2) is 4.39 Å². The molecule has 0 bridgehead atoms. The minimum Gasteiger partial charge on any atom is -0.507 e. The number of hydrogen-bond acceptors (Lipinski definition) is 5. The van der Waals surface area contributed by atoms with Crippen LogP contribution in [-0.4, -0.2) is 60.4 Å². The first kappa shape index (κ1) is 21.5. The van der Waals surface area contributed by atoms with Crippen LogP contribution < -0.4 is 4.74 Å². The van der Waals surface area contributed by atoms with Gasteiger partial charge in [0.2, 0.25) is 0 Å². The second-order valence-corrected chi connectivity index (χ2v) is 7.31. The quantitative estimate of drug-likeness (QED) is 0.430. The summed E-state index contributed by atoms with van der Waals surface area (Å²) in [5.74, 6) is -1.61. The third-order valence-electron chi connectivity index (χ3n) is 4.93. The van der Waals surface area contributed by atoms with Crippen molar-refractivity contribution in [2.45, 2.75) is 13.0 Å². The smallest absolute Gasteiger partial charge is 0.295 e. The number of ether oxygens (including phenoxy) is 1. The molecule has 1 aliphatic rings. The van der Waals surface area contributed by atoms with Crippen LogP contribution in [0.5, 0.6) is 5.75 Å². The molecule has 1 heterocycles. The molecule has 1 amide bonds. The maximum atomic E-state index is 13.5. The molecule has 0 aromatic heterocycles. The third-order valence-corrected chi connectivity index (χ3v) is 4.93. The maximum absolute atomic E-state index is 13.5. The number of aliphatic hydroxyl groups excluding tert-OH is 1. The second kappa shape index (κ2) is 9.09. The van der Waals surface area contributed by atoms with E-state index in [4.69, 9.17) is 4.74 Å². The largest absolute Gasteiger partial charge is 0.507 e. The van der Waals surface area contributed by atoms with Crippen LogP contribution in [0.2, 0.25) is 0 Å². The number of hydrogen-bond donors (Lipinski definition) is 1. The number of aliphatic hydroxyl groups is 1. The number of ketones is 1. The molecule has 158 valence electrons. The summed E-state index contributed by atoms with van der Waals surface area (Å²) in [6, 6.07) is 11.5. The van der Waals surface area contributed by atoms with Gasteiger partial charge >= 0.3 is 0 Å². The van der Waals surface area contributed by atoms with E-state index in [-0.39, 0.29) is 17.9 Å². The molecule has 2 aromatic carbocycles. The highest BCUT2D eigenvalue weighted by Gasteiger charge is 2.45. The summed E-state index contributed by atoms with van der Waals surface area (Å²) in [6.07, 6.45) is 0. The first-order valence-electron chi connectivity index (χ1n) is 9.75. The van der Waals surface area contributed by atoms with Gasteiger partial charge in [0, 0.05) is 18.7 Å². The van der Waals surface area contributed by atoms with Crippen LogP contribution in [0.1, 0.15) is 24.1 Å². The Kier molecular flexibility index (Phi) is 6.52. The lowest BCUT2D eigenvalue weighted by molar-refractivity contribution is -0.140. The van der Waals surface area contributed by atoms with Crippen molar-refractivity contribution in [1.29, 1.82) is 0 Å². The summed E-state index contributed by atoms with van der Waals surface area (Å²) in [5.41, 5.74) is 0.912. The van der Waals surface area contributed by atoms with Crippen molar-refractivity contribution in [3.63, 3.8) is 0 Å². The summed E-state index contributed by atoms with van der Waals surface area (Å²) < 4.78 is 19.0. The number of benzene rings is 2. The topological polar surface area (TPSA) is 70.1 Å². The van der Waals surface area contributed by atoms with E-state index in [1.807, 2.05) is 25.9 Å². The monoisotopic (exact) mass is 412 g/mol. The predicted molar refractivity (Wildman–Crippen MR) is 112 cm³/mol. The van der Waals surface area contributed by atoms with Crippen molar-refractivity contribution in [2.75, 3.05) is 33.8 Å². The Balaban J connectivity index is 2.12. The zero-order valence-corrected chi connectivity index (χ0v) is 17.3. The van der Waals surface area contributed by atoms with E-state index in [0.29, 0.717) is 30.0 Å². The van der Waals surface area contributed by atoms with Gasteiger partial charge in [-0.15, -0.1) is 0 Å². The number of likely N-dealkylation sites (tertiary alicyclic amines) is 1. The molecule has 0 aliphatic carbocycles. The highest BCUT2D eigenvalue weighted by Crippen LogP contribution is 2.39. The molecule has 1 N–H and O–H groups in total. The van der Waals surface area contributed by atoms with Gasteiger partial charge in [0.1, 0.15) is 17.3 Å². The summed E-state index contributed by atoms with van der Waals surface area (Å²) in [5, 5.41) is 11.0. The maximum Gasteiger partial charge on any atom is 0.295 e. The number of carbonyl (C=O) groups is 2. The molecule has 6 nitrogen and oxygen atoms in total. The van der Waals surface area contributed by atoms with Crippen LogP contribution in [0.15, 0.2) is 54.1 Å². The van der Waals surface area contributed by atoms with E-state index in [1.165, 1.54) is 29.2 Å². The van der Waals surface area contributed by atoms with Crippen molar-refractivity contribution in [3.8, 4) is 5.75 Å². The number of nitrogens with zero attached hydrogens (tertiary/aromatic N) is 2. The highest BCUT2D eigenvalue weighted by molar-refractivity contribution is 6.46. The Bertz CT molecular complexity index is 969. The van der Waals surface area contributed by atoms with E-state index in [0.717, 1.165) is 0 Å². The van der Waals surface area contributed by atoms with E-state index in [1.54, 1.807) is 24.3 Å². The molecule has 1 saturated heterocycles. The van der Waals surface area contributed by atoms with Crippen molar-refractivity contribution < 1.29 is 23.8 Å². The van der Waals surface area contributed by atoms with Crippen LogP contribution in [0, 0.1) is 5.82 Å². The Morgan fingerprint density at radius 1 is 1.17 bits per heavy atom. The van der Waals surface area contributed by atoms with Gasteiger partial charge in [-0.2, -0.15) is 0 Å². The molecule has 1 aliphatic heterocycles. The average molecular weight is 412 g/mol. The van der Waals surface area contributed by atoms with Crippen LogP contribution in [0.25, 0.3) is 5.76 Å². The number of halogens is 1. The normalized spacial score (nSPS) is 18.3. The van der Waals surface area contributed by atoms with Gasteiger partial charge in [-0.1, -0.05) is 24.3 Å². The molecule has 30 heavy (non-hydrogen) atoms. The summed E-state index contributed by atoms with van der Waals surface area (Å²) in [4.78, 5) is 29.0. The lowest BCUT2D eigenvalue weighted by Gasteiger charge is -2.26.